The number of cyclic esters (lactones) is 1. The van der Waals surface area contributed by atoms with Gasteiger partial charge in [-0.05, 0) is 125 Å². The number of allylic oxidation sites excluding steroid dienone is 1. The van der Waals surface area contributed by atoms with Crippen LogP contribution in [0.2, 0.25) is 0 Å². The lowest BCUT2D eigenvalue weighted by Gasteiger charge is -2.41. The molecule has 1 spiro atoms. The van der Waals surface area contributed by atoms with Crippen LogP contribution in [0, 0.1) is 17.3 Å². The standard InChI is InChI=1S/C11H14O3.C10H16O3.C10H16O2.C9H16N2O2.C9H15NO3.C9H14O3.C9H14O2.C8H10O2.CH4/c1-4-8-10-7(5-9(12)13-10)6-11(2,3)14-8;1-4-7-8(11)10(6-12-10)5-9(2,3)13-7;1-4-7-5-10(2,3)6-8(11)9(7)12;1-4-7-8(12)6(11-10)5-9(2,3)13-7;1-4-7-8(11)6(10-12)5-9(2,3)13-7;1-4-6-5-9(2,3)12-8(11)7(6)10;1-4-8-7(10)5-6-9(2,3)11-8;1-3-8-7(9)5-4-6(2)10-8;/h4-5,8,10H,1,6H2,2-3H3;4,7-8,11H,1,5-6H2,2-3H3;4,7,9,12H,1,5-6H2,2-3H3;4,7-8,12H,1,5,10H2,2-3H3;4,7-8,11-12H,1,5H2,2-3H3;4,6-7,10H,1,5H2,2-3H3;4-8,10H,1H2,2-3H3;3-5,7-9H,1-2H2;1H4/b;;;11-6+;10-6+;;;;/t8?,10-;7?,8-,10-;7?,9-;2*7?,8-;6?,7-;2*7-,8?;/m01100100./s1. The minimum absolute atomic E-state index is 0. The lowest BCUT2D eigenvalue weighted by Crippen LogP contribution is -2.53. The summed E-state index contributed by atoms with van der Waals surface area (Å²) < 4.78 is 48.5. The number of ether oxygens (including phenoxy) is 9. The fraction of sp³-hybridized carbons (Fsp3) is 0.618. The number of nitrogens with two attached hydrogens (primary N) is 1. The van der Waals surface area contributed by atoms with E-state index in [1.807, 2.05) is 103 Å². The Hall–Kier alpha value is -6.29. The summed E-state index contributed by atoms with van der Waals surface area (Å²) in [5, 5.41) is 81.6. The van der Waals surface area contributed by atoms with Gasteiger partial charge in [0, 0.05) is 50.0 Å². The molecule has 10 rings (SSSR count). The summed E-state index contributed by atoms with van der Waals surface area (Å²) in [6.45, 7) is 60.3. The van der Waals surface area contributed by atoms with Gasteiger partial charge in [-0.2, -0.15) is 5.10 Å². The number of ketones is 1. The molecule has 23 heteroatoms. The SMILES string of the molecule is C.C=CC1CC(C)(C)CC(=O)[C@@H]1O.C=CC1CC(C)(C)OC(=O)[C@@H]1O.C=CC1OC(=C)C=C[C@@H]1O.C=CC1OC(C)(C)C/C(=N\N)[C@@H]1O.C=CC1OC(C)(C)C/C(=N\O)[C@@H]1O.C=CC1OC(C)(C)C=C[C@@H]1O.C=CC1OC(C)(C)CC2=CC(=O)O[C@@H]21.C=CC1OC(C)(C)C[C@@]2(CO2)[C@@H]1O. The summed E-state index contributed by atoms with van der Waals surface area (Å²) in [6, 6.07) is 0. The number of rotatable bonds is 8. The summed E-state index contributed by atoms with van der Waals surface area (Å²) in [7, 11) is 0. The Morgan fingerprint density at radius 1 is 0.525 bits per heavy atom. The topological polar surface area (TPSA) is 350 Å². The van der Waals surface area contributed by atoms with Crippen LogP contribution in [-0.4, -0.2) is 201 Å². The number of epoxide rings is 1. The second-order valence-electron chi connectivity index (χ2n) is 30.0. The van der Waals surface area contributed by atoms with E-state index in [-0.39, 0.29) is 95.0 Å². The van der Waals surface area contributed by atoms with E-state index in [0.717, 1.165) is 24.8 Å². The molecule has 0 aromatic heterocycles. The van der Waals surface area contributed by atoms with Gasteiger partial charge in [0.15, 0.2) is 18.0 Å². The van der Waals surface area contributed by atoms with Crippen LogP contribution >= 0.6 is 0 Å². The van der Waals surface area contributed by atoms with Crippen molar-refractivity contribution >= 4 is 29.1 Å². The first kappa shape index (κ1) is 88.8. The van der Waals surface area contributed by atoms with Crippen LogP contribution < -0.4 is 5.84 Å². The molecule has 99 heavy (non-hydrogen) atoms. The first-order valence-electron chi connectivity index (χ1n) is 32.9. The number of carbonyl (C=O) groups excluding carboxylic acids is 3. The van der Waals surface area contributed by atoms with Crippen LogP contribution in [0.5, 0.6) is 0 Å². The number of hydrogen-bond acceptors (Lipinski definition) is 23. The number of nitrogens with zero attached hydrogens (tertiary/aromatic N) is 2. The zero-order valence-electron chi connectivity index (χ0n) is 60.2. The van der Waals surface area contributed by atoms with Crippen LogP contribution in [0.3, 0.4) is 0 Å². The van der Waals surface area contributed by atoms with Crippen LogP contribution in [0.15, 0.2) is 160 Å². The van der Waals surface area contributed by atoms with E-state index < -0.39 is 72.1 Å². The molecule has 1 saturated carbocycles. The third-order valence-corrected chi connectivity index (χ3v) is 17.1. The van der Waals surface area contributed by atoms with Gasteiger partial charge in [0.1, 0.15) is 90.2 Å². The van der Waals surface area contributed by atoms with E-state index in [1.54, 1.807) is 66.8 Å². The van der Waals surface area contributed by atoms with E-state index in [0.29, 0.717) is 49.5 Å². The van der Waals surface area contributed by atoms with Gasteiger partial charge in [-0.25, -0.2) is 9.59 Å². The van der Waals surface area contributed by atoms with Gasteiger partial charge in [-0.1, -0.05) is 94.3 Å². The molecule has 9 heterocycles. The second kappa shape index (κ2) is 37.1. The van der Waals surface area contributed by atoms with Crippen LogP contribution in [-0.2, 0) is 57.0 Å². The highest BCUT2D eigenvalue weighted by atomic mass is 16.6. The molecular formula is C76H119N3O20. The van der Waals surface area contributed by atoms with Crippen molar-refractivity contribution in [3.8, 4) is 0 Å². The molecule has 7 fully saturated rings. The van der Waals surface area contributed by atoms with Crippen LogP contribution in [0.25, 0.3) is 0 Å². The number of hydrazone groups is 1. The number of Topliss-reactive ketones (excluding diaryl/α,β-unsaturated/α-hetero) is 1. The van der Waals surface area contributed by atoms with Gasteiger partial charge in [-0.3, -0.25) is 4.79 Å². The predicted octanol–water partition coefficient (Wildman–Crippen LogP) is 9.13. The van der Waals surface area contributed by atoms with Crippen molar-refractivity contribution in [2.24, 2.45) is 33.4 Å². The summed E-state index contributed by atoms with van der Waals surface area (Å²) >= 11 is 0. The first-order chi connectivity index (χ1) is 45.2. The molecule has 8 unspecified atom stereocenters. The molecule has 1 aliphatic carbocycles. The fourth-order valence-corrected chi connectivity index (χ4v) is 12.3. The lowest BCUT2D eigenvalue weighted by atomic mass is 9.70. The molecule has 0 aromatic carbocycles. The summed E-state index contributed by atoms with van der Waals surface area (Å²) in [5.41, 5.74) is -0.360. The molecule has 6 saturated heterocycles. The molecular weight excluding hydrogens is 1270 g/mol. The molecule has 10 N–H and O–H groups in total. The molecule has 10 aliphatic rings. The van der Waals surface area contributed by atoms with Crippen molar-refractivity contribution in [1.29, 1.82) is 0 Å². The van der Waals surface area contributed by atoms with Gasteiger partial charge >= 0.3 is 11.9 Å². The molecule has 17 atom stereocenters. The van der Waals surface area contributed by atoms with E-state index in [4.69, 9.17) is 58.8 Å². The predicted molar refractivity (Wildman–Crippen MR) is 383 cm³/mol. The second-order valence-corrected chi connectivity index (χ2v) is 30.0. The number of aliphatic hydroxyl groups is 7. The van der Waals surface area contributed by atoms with E-state index >= 15 is 0 Å². The molecule has 23 nitrogen and oxygen atoms in total. The van der Waals surface area contributed by atoms with E-state index in [9.17, 15) is 45.0 Å². The number of hydrogen-bond donors (Lipinski definition) is 9. The lowest BCUT2D eigenvalue weighted by molar-refractivity contribution is -0.181. The Bertz CT molecular complexity index is 2870. The Labute approximate surface area is 588 Å². The molecule has 0 amide bonds. The minimum Gasteiger partial charge on any atom is -0.484 e. The molecule has 9 aliphatic heterocycles. The van der Waals surface area contributed by atoms with Crippen LogP contribution in [0.4, 0.5) is 0 Å². The van der Waals surface area contributed by atoms with Crippen molar-refractivity contribution < 1.29 is 98.0 Å². The van der Waals surface area contributed by atoms with Gasteiger partial charge in [0.05, 0.1) is 46.0 Å². The number of aliphatic hydroxyl groups excluding tert-OH is 7. The van der Waals surface area contributed by atoms with Crippen LogP contribution in [0.1, 0.15) is 149 Å². The summed E-state index contributed by atoms with van der Waals surface area (Å²) in [6.07, 6.45) is 18.4. The van der Waals surface area contributed by atoms with Crippen molar-refractivity contribution in [3.63, 3.8) is 0 Å². The zero-order chi connectivity index (χ0) is 74.9. The van der Waals surface area contributed by atoms with Crippen molar-refractivity contribution in [2.75, 3.05) is 6.61 Å². The van der Waals surface area contributed by atoms with Gasteiger partial charge in [0.2, 0.25) is 0 Å². The maximum absolute atomic E-state index is 11.3. The summed E-state index contributed by atoms with van der Waals surface area (Å²) in [5.74, 6) is 4.64. The Balaban J connectivity index is 0.000000385. The van der Waals surface area contributed by atoms with Gasteiger partial charge in [0.25, 0.3) is 0 Å². The number of oxime groups is 1. The third-order valence-electron chi connectivity index (χ3n) is 17.1. The Morgan fingerprint density at radius 2 is 0.990 bits per heavy atom. The van der Waals surface area contributed by atoms with E-state index in [1.165, 1.54) is 6.08 Å². The fourth-order valence-electron chi connectivity index (χ4n) is 12.3. The largest absolute Gasteiger partial charge is 0.484 e. The summed E-state index contributed by atoms with van der Waals surface area (Å²) in [4.78, 5) is 33.4. The molecule has 558 valence electrons. The number of esters is 2. The normalized spacial score (nSPS) is 36.0. The Kier molecular flexibility index (Phi) is 33.2. The molecule has 0 radical (unpaired) electrons. The van der Waals surface area contributed by atoms with Crippen molar-refractivity contribution in [3.05, 3.63) is 150 Å². The minimum atomic E-state index is -1.03. The quantitative estimate of drug-likeness (QED) is 0.0273. The highest BCUT2D eigenvalue weighted by Crippen LogP contribution is 2.46. The van der Waals surface area contributed by atoms with Gasteiger partial charge in [-0.15, -0.1) is 46.1 Å². The van der Waals surface area contributed by atoms with E-state index in [2.05, 4.69) is 69.5 Å². The highest BCUT2D eigenvalue weighted by molar-refractivity contribution is 5.91. The molecule has 0 bridgehead atoms. The highest BCUT2D eigenvalue weighted by Gasteiger charge is 2.60. The monoisotopic (exact) mass is 1390 g/mol. The Morgan fingerprint density at radius 3 is 1.45 bits per heavy atom. The maximum atomic E-state index is 11.3. The van der Waals surface area contributed by atoms with Crippen molar-refractivity contribution in [2.45, 2.75) is 274 Å². The average molecular weight is 1390 g/mol. The molecule has 0 aromatic rings. The number of fused-ring (bicyclic) bond motifs is 1. The third kappa shape index (κ3) is 26.9. The first-order valence-corrected chi connectivity index (χ1v) is 32.9. The van der Waals surface area contributed by atoms with Crippen molar-refractivity contribution in [1.82, 2.24) is 0 Å². The van der Waals surface area contributed by atoms with Gasteiger partial charge < -0.3 is 89.4 Å². The number of carbonyl (C=O) groups is 3. The average Bonchev–Trinajstić information content (AvgIpc) is 1.59. The smallest absolute Gasteiger partial charge is 0.336 e. The maximum Gasteiger partial charge on any atom is 0.336 e. The zero-order valence-corrected chi connectivity index (χ0v) is 60.2.